The number of rotatable bonds is 4. The molecule has 2 unspecified atom stereocenters. The number of hydrogen-bond acceptors (Lipinski definition) is 3. The zero-order chi connectivity index (χ0) is 21.9. The van der Waals surface area contributed by atoms with Gasteiger partial charge in [-0.3, -0.25) is 9.59 Å². The smallest absolute Gasteiger partial charge is 0.240 e. The van der Waals surface area contributed by atoms with Crippen molar-refractivity contribution in [2.24, 2.45) is 5.11 Å². The highest BCUT2D eigenvalue weighted by atomic mass is 16.2. The molecule has 7 nitrogen and oxygen atoms in total. The van der Waals surface area contributed by atoms with Crippen molar-refractivity contribution in [3.63, 3.8) is 0 Å². The number of nitrogens with one attached hydrogen (secondary N) is 1. The lowest BCUT2D eigenvalue weighted by Gasteiger charge is -2.27. The molecule has 1 aliphatic heterocycles. The first-order chi connectivity index (χ1) is 14.2. The topological polar surface area (TPSA) is 98.2 Å². The Morgan fingerprint density at radius 1 is 1.23 bits per heavy atom. The summed E-state index contributed by atoms with van der Waals surface area (Å²) in [5.74, 6) is -0.753. The Morgan fingerprint density at radius 3 is 2.57 bits per heavy atom. The molecule has 2 amide bonds. The van der Waals surface area contributed by atoms with Crippen LogP contribution in [0.4, 0.5) is 5.69 Å². The quantitative estimate of drug-likeness (QED) is 0.461. The fourth-order valence-corrected chi connectivity index (χ4v) is 3.87. The van der Waals surface area contributed by atoms with E-state index in [9.17, 15) is 9.59 Å². The number of hydrogen-bond donors (Lipinski definition) is 1. The van der Waals surface area contributed by atoms with E-state index in [4.69, 9.17) is 5.53 Å². The predicted octanol–water partition coefficient (Wildman–Crippen LogP) is 4.46. The molecule has 2 aromatic carbocycles. The summed E-state index contributed by atoms with van der Waals surface area (Å²) < 4.78 is 0. The molecular weight excluding hydrogens is 378 g/mol. The number of benzene rings is 2. The van der Waals surface area contributed by atoms with Crippen molar-refractivity contribution >= 4 is 17.5 Å². The second-order valence-electron chi connectivity index (χ2n) is 8.70. The van der Waals surface area contributed by atoms with Crippen LogP contribution in [0.3, 0.4) is 0 Å². The second kappa shape index (κ2) is 8.59. The van der Waals surface area contributed by atoms with E-state index < -0.39 is 11.6 Å². The lowest BCUT2D eigenvalue weighted by molar-refractivity contribution is -0.125. The summed E-state index contributed by atoms with van der Waals surface area (Å²) in [6.07, 6.45) is 0.348. The minimum absolute atomic E-state index is 0.128. The van der Waals surface area contributed by atoms with Gasteiger partial charge in [-0.1, -0.05) is 53.1 Å². The first-order valence-electron chi connectivity index (χ1n) is 10.0. The van der Waals surface area contributed by atoms with Crippen molar-refractivity contribution in [2.75, 3.05) is 11.4 Å². The highest BCUT2D eigenvalue weighted by Crippen LogP contribution is 2.40. The van der Waals surface area contributed by atoms with Crippen molar-refractivity contribution in [1.29, 1.82) is 0 Å². The number of amides is 2. The molecule has 0 saturated heterocycles. The minimum Gasteiger partial charge on any atom is -0.350 e. The van der Waals surface area contributed by atoms with Crippen LogP contribution in [0, 0.1) is 6.92 Å². The van der Waals surface area contributed by atoms with E-state index in [0.29, 0.717) is 12.1 Å². The average Bonchev–Trinajstić information content (AvgIpc) is 2.78. The highest BCUT2D eigenvalue weighted by Gasteiger charge is 2.36. The number of azide groups is 1. The second-order valence-corrected chi connectivity index (χ2v) is 8.70. The van der Waals surface area contributed by atoms with Gasteiger partial charge in [-0.2, -0.15) is 0 Å². The van der Waals surface area contributed by atoms with E-state index in [0.717, 1.165) is 16.7 Å². The summed E-state index contributed by atoms with van der Waals surface area (Å²) >= 11 is 0. The van der Waals surface area contributed by atoms with E-state index >= 15 is 0 Å². The molecule has 0 aromatic heterocycles. The van der Waals surface area contributed by atoms with Crippen molar-refractivity contribution < 1.29 is 9.59 Å². The van der Waals surface area contributed by atoms with Gasteiger partial charge in [0.25, 0.3) is 0 Å². The SMILES string of the molecule is Cc1ccc2c(c1)C(c1ccccc1)CC(N=[N+]=[N-])C(=O)N2CC(=O)NC(C)(C)C. The molecule has 1 N–H and O–H groups in total. The van der Waals surface area contributed by atoms with Crippen molar-refractivity contribution in [3.05, 3.63) is 75.7 Å². The van der Waals surface area contributed by atoms with E-state index in [2.05, 4.69) is 15.3 Å². The monoisotopic (exact) mass is 405 g/mol. The molecule has 0 saturated carbocycles. The third-order valence-electron chi connectivity index (χ3n) is 5.07. The Labute approximate surface area is 176 Å². The average molecular weight is 406 g/mol. The van der Waals surface area contributed by atoms with E-state index in [1.807, 2.05) is 76.2 Å². The van der Waals surface area contributed by atoms with E-state index in [1.165, 1.54) is 4.90 Å². The van der Waals surface area contributed by atoms with Gasteiger partial charge in [0, 0.05) is 22.1 Å². The summed E-state index contributed by atoms with van der Waals surface area (Å²) in [6, 6.07) is 14.8. The van der Waals surface area contributed by atoms with Gasteiger partial charge in [0.2, 0.25) is 11.8 Å². The maximum absolute atomic E-state index is 13.3. The zero-order valence-corrected chi connectivity index (χ0v) is 17.8. The fourth-order valence-electron chi connectivity index (χ4n) is 3.87. The maximum Gasteiger partial charge on any atom is 0.240 e. The molecule has 0 radical (unpaired) electrons. The molecule has 0 bridgehead atoms. The Morgan fingerprint density at radius 2 is 1.93 bits per heavy atom. The normalized spacial score (nSPS) is 18.8. The molecule has 3 rings (SSSR count). The number of fused-ring (bicyclic) bond motifs is 1. The molecule has 1 heterocycles. The predicted molar refractivity (Wildman–Crippen MR) is 117 cm³/mol. The van der Waals surface area contributed by atoms with Crippen molar-refractivity contribution in [1.82, 2.24) is 5.32 Å². The molecular formula is C23H27N5O2. The van der Waals surface area contributed by atoms with Crippen LogP contribution < -0.4 is 10.2 Å². The van der Waals surface area contributed by atoms with Crippen LogP contribution in [0.5, 0.6) is 0 Å². The van der Waals surface area contributed by atoms with Crippen LogP contribution in [-0.4, -0.2) is 29.9 Å². The van der Waals surface area contributed by atoms with Crippen LogP contribution in [0.2, 0.25) is 0 Å². The minimum atomic E-state index is -0.893. The lowest BCUT2D eigenvalue weighted by atomic mass is 9.85. The molecule has 1 aliphatic rings. The molecule has 7 heteroatoms. The molecule has 2 atom stereocenters. The van der Waals surface area contributed by atoms with Crippen LogP contribution in [0.15, 0.2) is 53.6 Å². The van der Waals surface area contributed by atoms with Gasteiger partial charge >= 0.3 is 0 Å². The standard InChI is InChI=1S/C23H27N5O2/c1-15-10-11-20-18(12-15)17(16-8-6-5-7-9-16)13-19(26-27-24)22(30)28(20)14-21(29)25-23(2,3)4/h5-12,17,19H,13-14H2,1-4H3,(H,25,29). The van der Waals surface area contributed by atoms with Crippen LogP contribution in [-0.2, 0) is 9.59 Å². The Hall–Kier alpha value is -3.31. The van der Waals surface area contributed by atoms with Crippen molar-refractivity contribution in [3.8, 4) is 0 Å². The van der Waals surface area contributed by atoms with Gasteiger partial charge in [0.1, 0.15) is 12.6 Å². The first kappa shape index (κ1) is 21.4. The highest BCUT2D eigenvalue weighted by molar-refractivity contribution is 6.03. The van der Waals surface area contributed by atoms with Crippen LogP contribution >= 0.6 is 0 Å². The molecule has 156 valence electrons. The van der Waals surface area contributed by atoms with Crippen LogP contribution in [0.25, 0.3) is 10.4 Å². The van der Waals surface area contributed by atoms with Crippen molar-refractivity contribution in [2.45, 2.75) is 51.6 Å². The zero-order valence-electron chi connectivity index (χ0n) is 17.8. The van der Waals surface area contributed by atoms with Gasteiger partial charge in [-0.25, -0.2) is 0 Å². The maximum atomic E-state index is 13.3. The van der Waals surface area contributed by atoms with Crippen LogP contribution in [0.1, 0.15) is 49.8 Å². The van der Waals surface area contributed by atoms with Gasteiger partial charge in [-0.05, 0) is 56.8 Å². The number of aryl methyl sites for hydroxylation is 1. The first-order valence-corrected chi connectivity index (χ1v) is 10.0. The van der Waals surface area contributed by atoms with E-state index in [-0.39, 0.29) is 24.3 Å². The summed E-state index contributed by atoms with van der Waals surface area (Å²) in [6.45, 7) is 7.53. The summed E-state index contributed by atoms with van der Waals surface area (Å²) in [5.41, 5.74) is 12.4. The van der Waals surface area contributed by atoms with E-state index in [1.54, 1.807) is 0 Å². The Kier molecular flexibility index (Phi) is 6.13. The third kappa shape index (κ3) is 4.81. The molecule has 0 fully saturated rings. The summed E-state index contributed by atoms with van der Waals surface area (Å²) in [4.78, 5) is 30.4. The van der Waals surface area contributed by atoms with Gasteiger partial charge in [0.05, 0.1) is 0 Å². The number of nitrogens with zero attached hydrogens (tertiary/aromatic N) is 4. The summed E-state index contributed by atoms with van der Waals surface area (Å²) in [5, 5.41) is 6.70. The third-order valence-corrected chi connectivity index (χ3v) is 5.07. The largest absolute Gasteiger partial charge is 0.350 e. The molecule has 0 aliphatic carbocycles. The lowest BCUT2D eigenvalue weighted by Crippen LogP contribution is -2.49. The molecule has 30 heavy (non-hydrogen) atoms. The van der Waals surface area contributed by atoms with Gasteiger partial charge in [-0.15, -0.1) is 0 Å². The fraction of sp³-hybridized carbons (Fsp3) is 0.391. The van der Waals surface area contributed by atoms with Gasteiger partial charge in [0.15, 0.2) is 0 Å². The number of carbonyl (C=O) groups is 2. The molecule has 0 spiro atoms. The Balaban J connectivity index is 2.12. The number of anilines is 1. The number of carbonyl (C=O) groups excluding carboxylic acids is 2. The Bertz CT molecular complexity index is 990. The summed E-state index contributed by atoms with van der Waals surface area (Å²) in [7, 11) is 0. The van der Waals surface area contributed by atoms with Gasteiger partial charge < -0.3 is 10.2 Å². The molecule has 2 aromatic rings.